The summed E-state index contributed by atoms with van der Waals surface area (Å²) in [5.41, 5.74) is 4.98. The van der Waals surface area contributed by atoms with E-state index < -0.39 is 0 Å². The molecule has 2 fully saturated rings. The molecular weight excluding hydrogens is 516 g/mol. The number of nitriles is 1. The molecule has 0 saturated carbocycles. The Labute approximate surface area is 221 Å². The van der Waals surface area contributed by atoms with Gasteiger partial charge in [0.25, 0.3) is 0 Å². The topological polar surface area (TPSA) is 87.1 Å². The molecule has 2 saturated heterocycles. The molecule has 0 bridgehead atoms. The van der Waals surface area contributed by atoms with Gasteiger partial charge in [-0.3, -0.25) is 4.90 Å². The first-order valence-electron chi connectivity index (χ1n) is 13.0. The first kappa shape index (κ1) is 25.0. The normalized spacial score (nSPS) is 18.1. The highest BCUT2D eigenvalue weighted by Gasteiger charge is 2.23. The van der Waals surface area contributed by atoms with Crippen LogP contribution in [-0.2, 0) is 0 Å². The summed E-state index contributed by atoms with van der Waals surface area (Å²) in [5, 5.41) is 12.6. The van der Waals surface area contributed by atoms with E-state index in [2.05, 4.69) is 90.1 Å². The average Bonchev–Trinajstić information content (AvgIpc) is 3.34. The molecule has 5 rings (SSSR count). The third-order valence-electron chi connectivity index (χ3n) is 7.49. The Kier molecular flexibility index (Phi) is 7.75. The van der Waals surface area contributed by atoms with Gasteiger partial charge in [-0.25, -0.2) is 9.97 Å². The molecule has 9 heteroatoms. The van der Waals surface area contributed by atoms with E-state index in [9.17, 15) is 0 Å². The number of nitrogens with one attached hydrogen (secondary N) is 2. The van der Waals surface area contributed by atoms with E-state index in [1.165, 1.54) is 5.69 Å². The highest BCUT2D eigenvalue weighted by Crippen LogP contribution is 2.33. The van der Waals surface area contributed by atoms with Crippen LogP contribution in [0.5, 0.6) is 0 Å². The van der Waals surface area contributed by atoms with Crippen LogP contribution in [0.4, 0.5) is 11.4 Å². The number of pyridine rings is 1. The van der Waals surface area contributed by atoms with Gasteiger partial charge in [-0.05, 0) is 66.9 Å². The molecule has 190 valence electrons. The zero-order valence-electron chi connectivity index (χ0n) is 21.2. The van der Waals surface area contributed by atoms with Crippen molar-refractivity contribution < 1.29 is 0 Å². The molecule has 0 unspecified atom stereocenters. The number of H-pyrrole nitrogens is 1. The molecule has 0 amide bonds. The molecule has 2 N–H and O–H groups in total. The first-order chi connectivity index (χ1) is 17.5. The first-order valence-corrected chi connectivity index (χ1v) is 13.8. The molecule has 2 aliphatic heterocycles. The number of hydrogen-bond acceptors (Lipinski definition) is 7. The Balaban J connectivity index is 1.28. The fourth-order valence-corrected chi connectivity index (χ4v) is 5.64. The molecule has 4 heterocycles. The van der Waals surface area contributed by atoms with Gasteiger partial charge in [0.15, 0.2) is 5.65 Å². The maximum Gasteiger partial charge on any atom is 0.159 e. The van der Waals surface area contributed by atoms with Gasteiger partial charge in [0.05, 0.1) is 16.2 Å². The summed E-state index contributed by atoms with van der Waals surface area (Å²) < 4.78 is 0.948. The van der Waals surface area contributed by atoms with Crippen molar-refractivity contribution in [3.05, 3.63) is 34.9 Å². The third-order valence-corrected chi connectivity index (χ3v) is 8.09. The lowest BCUT2D eigenvalue weighted by Gasteiger charge is -2.35. The summed E-state index contributed by atoms with van der Waals surface area (Å²) in [4.78, 5) is 20.3. The van der Waals surface area contributed by atoms with Crippen LogP contribution in [0.3, 0.4) is 0 Å². The van der Waals surface area contributed by atoms with Crippen molar-refractivity contribution in [1.82, 2.24) is 24.8 Å². The number of fused-ring (bicyclic) bond motifs is 1. The number of nitrogens with zero attached hydrogens (tertiary/aromatic N) is 6. The summed E-state index contributed by atoms with van der Waals surface area (Å²) in [6.07, 6.45) is 4.71. The second kappa shape index (κ2) is 11.2. The van der Waals surface area contributed by atoms with Crippen molar-refractivity contribution in [3.63, 3.8) is 0 Å². The number of aromatic nitrogens is 3. The molecular formula is C27H35BrN8. The van der Waals surface area contributed by atoms with E-state index in [0.717, 1.165) is 91.4 Å². The maximum absolute atomic E-state index is 8.81. The van der Waals surface area contributed by atoms with Crippen LogP contribution in [0, 0.1) is 11.3 Å². The zero-order chi connectivity index (χ0) is 25.1. The molecule has 3 aromatic rings. The van der Waals surface area contributed by atoms with Crippen LogP contribution in [0.1, 0.15) is 33.1 Å². The summed E-state index contributed by atoms with van der Waals surface area (Å²) in [7, 11) is 0. The standard InChI is InChI=1S/C27H35BrN8/c1-19(2)35-12-8-21(9-13-35)31-24-23(28)18-30-27-25(24)32-26(33-27)20-4-6-22(7-5-20)36-16-14-34(15-17-36)11-3-10-29/h4-7,18-19,21H,3,8-9,11-17H2,1-2H3,(H2,30,31,32,33). The van der Waals surface area contributed by atoms with Gasteiger partial charge < -0.3 is 20.1 Å². The molecule has 0 aliphatic carbocycles. The summed E-state index contributed by atoms with van der Waals surface area (Å²) in [5.74, 6) is 0.834. The van der Waals surface area contributed by atoms with Crippen LogP contribution in [0.25, 0.3) is 22.6 Å². The van der Waals surface area contributed by atoms with Crippen molar-refractivity contribution in [2.24, 2.45) is 0 Å². The second-order valence-corrected chi connectivity index (χ2v) is 11.0. The number of piperazine rings is 1. The molecule has 0 spiro atoms. The largest absolute Gasteiger partial charge is 0.379 e. The minimum absolute atomic E-state index is 0.432. The van der Waals surface area contributed by atoms with Crippen LogP contribution in [-0.4, -0.2) is 82.6 Å². The summed E-state index contributed by atoms with van der Waals surface area (Å²) in [6, 6.07) is 11.9. The lowest BCUT2D eigenvalue weighted by molar-refractivity contribution is 0.177. The van der Waals surface area contributed by atoms with Crippen LogP contribution in [0.2, 0.25) is 0 Å². The Bertz CT molecular complexity index is 1200. The average molecular weight is 552 g/mol. The minimum Gasteiger partial charge on any atom is -0.379 e. The van der Waals surface area contributed by atoms with Crippen molar-refractivity contribution in [1.29, 1.82) is 5.26 Å². The molecule has 2 aromatic heterocycles. The van der Waals surface area contributed by atoms with E-state index in [4.69, 9.17) is 10.2 Å². The Morgan fingerprint density at radius 3 is 2.50 bits per heavy atom. The van der Waals surface area contributed by atoms with E-state index in [1.54, 1.807) is 0 Å². The third kappa shape index (κ3) is 5.51. The smallest absolute Gasteiger partial charge is 0.159 e. The molecule has 8 nitrogen and oxygen atoms in total. The van der Waals surface area contributed by atoms with Gasteiger partial charge in [0.1, 0.15) is 11.3 Å². The van der Waals surface area contributed by atoms with Gasteiger partial charge in [-0.15, -0.1) is 0 Å². The number of halogens is 1. The molecule has 0 radical (unpaired) electrons. The van der Waals surface area contributed by atoms with Crippen molar-refractivity contribution in [3.8, 4) is 17.5 Å². The SMILES string of the molecule is CC(C)N1CCC(Nc2c(Br)cnc3[nH]c(-c4ccc(N5CCN(CCC#N)CC5)cc4)nc23)CC1. The predicted octanol–water partition coefficient (Wildman–Crippen LogP) is 4.71. The Morgan fingerprint density at radius 2 is 1.83 bits per heavy atom. The van der Waals surface area contributed by atoms with E-state index in [0.29, 0.717) is 18.5 Å². The van der Waals surface area contributed by atoms with E-state index >= 15 is 0 Å². The second-order valence-electron chi connectivity index (χ2n) is 10.1. The quantitative estimate of drug-likeness (QED) is 0.440. The number of imidazole rings is 1. The predicted molar refractivity (Wildman–Crippen MR) is 149 cm³/mol. The number of aromatic amines is 1. The number of piperidine rings is 1. The fourth-order valence-electron chi connectivity index (χ4n) is 5.24. The van der Waals surface area contributed by atoms with Gasteiger partial charge >= 0.3 is 0 Å². The number of likely N-dealkylation sites (tertiary alicyclic amines) is 1. The van der Waals surface area contributed by atoms with Crippen LogP contribution in [0.15, 0.2) is 34.9 Å². The minimum atomic E-state index is 0.432. The summed E-state index contributed by atoms with van der Waals surface area (Å²) in [6.45, 7) is 11.6. The van der Waals surface area contributed by atoms with Crippen molar-refractivity contribution >= 4 is 38.5 Å². The maximum atomic E-state index is 8.81. The molecule has 2 aliphatic rings. The Hall–Kier alpha value is -2.67. The monoisotopic (exact) mass is 550 g/mol. The molecule has 1 aromatic carbocycles. The molecule has 36 heavy (non-hydrogen) atoms. The van der Waals surface area contributed by atoms with Gasteiger partial charge in [-0.1, -0.05) is 0 Å². The highest BCUT2D eigenvalue weighted by atomic mass is 79.9. The van der Waals surface area contributed by atoms with E-state index in [1.807, 2.05) is 6.20 Å². The van der Waals surface area contributed by atoms with Gasteiger partial charge in [0, 0.05) is 81.8 Å². The van der Waals surface area contributed by atoms with E-state index in [-0.39, 0.29) is 0 Å². The number of anilines is 2. The number of hydrogen-bond donors (Lipinski definition) is 2. The Morgan fingerprint density at radius 1 is 1.11 bits per heavy atom. The highest BCUT2D eigenvalue weighted by molar-refractivity contribution is 9.10. The summed E-state index contributed by atoms with van der Waals surface area (Å²) >= 11 is 3.70. The number of benzene rings is 1. The lowest BCUT2D eigenvalue weighted by atomic mass is 10.0. The lowest BCUT2D eigenvalue weighted by Crippen LogP contribution is -2.46. The fraction of sp³-hybridized carbons (Fsp3) is 0.519. The van der Waals surface area contributed by atoms with Crippen LogP contribution >= 0.6 is 15.9 Å². The van der Waals surface area contributed by atoms with Gasteiger partial charge in [0.2, 0.25) is 0 Å². The molecule has 0 atom stereocenters. The van der Waals surface area contributed by atoms with Crippen LogP contribution < -0.4 is 10.2 Å². The van der Waals surface area contributed by atoms with Crippen molar-refractivity contribution in [2.45, 2.75) is 45.2 Å². The zero-order valence-corrected chi connectivity index (χ0v) is 22.8. The number of rotatable bonds is 7. The van der Waals surface area contributed by atoms with Crippen molar-refractivity contribution in [2.75, 3.05) is 56.0 Å². The van der Waals surface area contributed by atoms with Gasteiger partial charge in [-0.2, -0.15) is 5.26 Å².